The van der Waals surface area contributed by atoms with Gasteiger partial charge in [-0.1, -0.05) is 35.9 Å². The molecule has 2 N–H and O–H groups in total. The van der Waals surface area contributed by atoms with Crippen LogP contribution in [0.1, 0.15) is 31.9 Å². The first-order valence-corrected chi connectivity index (χ1v) is 14.0. The Kier molecular flexibility index (Phi) is 12.5. The minimum absolute atomic E-state index is 0.0127. The third-order valence-electron chi connectivity index (χ3n) is 5.85. The van der Waals surface area contributed by atoms with E-state index >= 15 is 0 Å². The van der Waals surface area contributed by atoms with E-state index in [0.717, 1.165) is 11.1 Å². The summed E-state index contributed by atoms with van der Waals surface area (Å²) in [5, 5.41) is 14.1. The molecule has 9 nitrogen and oxygen atoms in total. The zero-order valence-corrected chi connectivity index (χ0v) is 25.2. The SMILES string of the molecule is COCOc1ccc(OC[C@@H](O)CN(CCc2ccc(NC(=O)Cc3cccc(Cl)c3)cc2)C(=O)OC(C)(C)C)cc1. The number of anilines is 1. The second-order valence-corrected chi connectivity index (χ2v) is 11.2. The molecule has 0 heterocycles. The van der Waals surface area contributed by atoms with E-state index in [1.807, 2.05) is 36.4 Å². The summed E-state index contributed by atoms with van der Waals surface area (Å²) in [6.07, 6.45) is -0.732. The van der Waals surface area contributed by atoms with Crippen LogP contribution in [0.15, 0.2) is 72.8 Å². The summed E-state index contributed by atoms with van der Waals surface area (Å²) < 4.78 is 21.5. The maximum atomic E-state index is 12.9. The van der Waals surface area contributed by atoms with E-state index in [4.69, 9.17) is 30.5 Å². The zero-order chi connectivity index (χ0) is 30.5. The predicted molar refractivity (Wildman–Crippen MR) is 162 cm³/mol. The van der Waals surface area contributed by atoms with Crippen molar-refractivity contribution >= 4 is 29.3 Å². The zero-order valence-electron chi connectivity index (χ0n) is 24.5. The minimum Gasteiger partial charge on any atom is -0.491 e. The van der Waals surface area contributed by atoms with Gasteiger partial charge in [0.15, 0.2) is 6.79 Å². The van der Waals surface area contributed by atoms with E-state index in [1.165, 1.54) is 4.90 Å². The number of nitrogens with zero attached hydrogens (tertiary/aromatic N) is 1. The average molecular weight is 599 g/mol. The molecule has 0 fully saturated rings. The number of carbonyl (C=O) groups excluding carboxylic acids is 2. The van der Waals surface area contributed by atoms with Crippen LogP contribution in [0.5, 0.6) is 11.5 Å². The largest absolute Gasteiger partial charge is 0.491 e. The predicted octanol–water partition coefficient (Wildman–Crippen LogP) is 5.72. The van der Waals surface area contributed by atoms with Crippen LogP contribution in [0.4, 0.5) is 10.5 Å². The third kappa shape index (κ3) is 12.0. The molecule has 0 aliphatic heterocycles. The topological polar surface area (TPSA) is 107 Å². The molecule has 0 aromatic heterocycles. The molecule has 226 valence electrons. The van der Waals surface area contributed by atoms with Gasteiger partial charge in [0, 0.05) is 24.4 Å². The van der Waals surface area contributed by atoms with Crippen LogP contribution >= 0.6 is 11.6 Å². The number of rotatable bonds is 14. The van der Waals surface area contributed by atoms with Crippen molar-refractivity contribution in [2.45, 2.75) is 45.3 Å². The molecular weight excluding hydrogens is 560 g/mol. The molecule has 1 atom stereocenters. The molecule has 0 unspecified atom stereocenters. The van der Waals surface area contributed by atoms with Crippen LogP contribution in [0, 0.1) is 0 Å². The second-order valence-electron chi connectivity index (χ2n) is 10.7. The fraction of sp³-hybridized carbons (Fsp3) is 0.375. The molecule has 10 heteroatoms. The Labute approximate surface area is 252 Å². The number of halogens is 1. The fourth-order valence-corrected chi connectivity index (χ4v) is 4.11. The van der Waals surface area contributed by atoms with Crippen LogP contribution in [-0.2, 0) is 27.1 Å². The summed E-state index contributed by atoms with van der Waals surface area (Å²) in [6, 6.07) is 21.5. The van der Waals surface area contributed by atoms with Gasteiger partial charge in [-0.2, -0.15) is 0 Å². The molecule has 0 bridgehead atoms. The van der Waals surface area contributed by atoms with Gasteiger partial charge < -0.3 is 34.3 Å². The lowest BCUT2D eigenvalue weighted by molar-refractivity contribution is -0.115. The lowest BCUT2D eigenvalue weighted by Gasteiger charge is -2.29. The summed E-state index contributed by atoms with van der Waals surface area (Å²) in [5.74, 6) is 1.05. The van der Waals surface area contributed by atoms with Crippen molar-refractivity contribution in [3.05, 3.63) is 88.9 Å². The van der Waals surface area contributed by atoms with Crippen LogP contribution in [0.3, 0.4) is 0 Å². The van der Waals surface area contributed by atoms with Gasteiger partial charge >= 0.3 is 6.09 Å². The second kappa shape index (κ2) is 16.0. The van der Waals surface area contributed by atoms with Crippen molar-refractivity contribution in [2.75, 3.05) is 38.9 Å². The number of aliphatic hydroxyl groups is 1. The Morgan fingerprint density at radius 3 is 2.24 bits per heavy atom. The molecule has 42 heavy (non-hydrogen) atoms. The number of hydrogen-bond donors (Lipinski definition) is 2. The molecule has 3 rings (SSSR count). The molecular formula is C32H39ClN2O7. The lowest BCUT2D eigenvalue weighted by Crippen LogP contribution is -2.43. The van der Waals surface area contributed by atoms with Gasteiger partial charge in [-0.25, -0.2) is 4.79 Å². The Bertz CT molecular complexity index is 1280. The average Bonchev–Trinajstić information content (AvgIpc) is 2.93. The van der Waals surface area contributed by atoms with E-state index in [1.54, 1.807) is 64.3 Å². The van der Waals surface area contributed by atoms with Gasteiger partial charge in [0.05, 0.1) is 13.0 Å². The molecule has 0 spiro atoms. The first kappa shape index (κ1) is 32.7. The Hall–Kier alpha value is -3.79. The number of hydrogen-bond acceptors (Lipinski definition) is 7. The fourth-order valence-electron chi connectivity index (χ4n) is 3.90. The lowest BCUT2D eigenvalue weighted by atomic mass is 10.1. The highest BCUT2D eigenvalue weighted by atomic mass is 35.5. The van der Waals surface area contributed by atoms with Crippen LogP contribution in [-0.4, -0.2) is 67.3 Å². The summed E-state index contributed by atoms with van der Waals surface area (Å²) in [4.78, 5) is 26.8. The number of benzene rings is 3. The summed E-state index contributed by atoms with van der Waals surface area (Å²) in [5.41, 5.74) is 1.77. The van der Waals surface area contributed by atoms with E-state index in [9.17, 15) is 14.7 Å². The van der Waals surface area contributed by atoms with Gasteiger partial charge in [0.2, 0.25) is 5.91 Å². The van der Waals surface area contributed by atoms with Crippen LogP contribution in [0.2, 0.25) is 5.02 Å². The molecule has 0 saturated heterocycles. The van der Waals surface area contributed by atoms with Crippen molar-refractivity contribution < 1.29 is 33.6 Å². The highest BCUT2D eigenvalue weighted by Crippen LogP contribution is 2.19. The number of carbonyl (C=O) groups is 2. The van der Waals surface area contributed by atoms with E-state index in [2.05, 4.69) is 5.32 Å². The molecule has 0 aliphatic rings. The summed E-state index contributed by atoms with van der Waals surface area (Å²) in [7, 11) is 1.54. The number of nitrogens with one attached hydrogen (secondary N) is 1. The van der Waals surface area contributed by atoms with Crippen molar-refractivity contribution in [1.82, 2.24) is 4.90 Å². The van der Waals surface area contributed by atoms with Crippen molar-refractivity contribution in [3.8, 4) is 11.5 Å². The van der Waals surface area contributed by atoms with Crippen molar-refractivity contribution in [3.63, 3.8) is 0 Å². The summed E-state index contributed by atoms with van der Waals surface area (Å²) >= 11 is 6.00. The highest BCUT2D eigenvalue weighted by molar-refractivity contribution is 6.30. The van der Waals surface area contributed by atoms with Crippen LogP contribution in [0.25, 0.3) is 0 Å². The van der Waals surface area contributed by atoms with E-state index < -0.39 is 17.8 Å². The Balaban J connectivity index is 1.53. The van der Waals surface area contributed by atoms with Crippen molar-refractivity contribution in [1.29, 1.82) is 0 Å². The number of methoxy groups -OCH3 is 1. The maximum absolute atomic E-state index is 12.9. The maximum Gasteiger partial charge on any atom is 0.410 e. The smallest absolute Gasteiger partial charge is 0.410 e. The molecule has 0 aliphatic carbocycles. The molecule has 2 amide bonds. The van der Waals surface area contributed by atoms with Gasteiger partial charge in [-0.15, -0.1) is 0 Å². The van der Waals surface area contributed by atoms with Gasteiger partial charge in [0.25, 0.3) is 0 Å². The summed E-state index contributed by atoms with van der Waals surface area (Å²) in [6.45, 7) is 5.86. The number of aliphatic hydroxyl groups excluding tert-OH is 1. The van der Waals surface area contributed by atoms with Gasteiger partial charge in [-0.05, 0) is 86.8 Å². The molecule has 3 aromatic carbocycles. The van der Waals surface area contributed by atoms with Gasteiger partial charge in [-0.3, -0.25) is 4.79 Å². The van der Waals surface area contributed by atoms with E-state index in [0.29, 0.717) is 35.2 Å². The Morgan fingerprint density at radius 1 is 0.952 bits per heavy atom. The molecule has 0 saturated carbocycles. The van der Waals surface area contributed by atoms with Crippen LogP contribution < -0.4 is 14.8 Å². The highest BCUT2D eigenvalue weighted by Gasteiger charge is 2.24. The quantitative estimate of drug-likeness (QED) is 0.228. The minimum atomic E-state index is -0.945. The molecule has 3 aromatic rings. The van der Waals surface area contributed by atoms with Gasteiger partial charge in [0.1, 0.15) is 29.8 Å². The molecule has 0 radical (unpaired) electrons. The first-order valence-electron chi connectivity index (χ1n) is 13.6. The first-order chi connectivity index (χ1) is 20.0. The van der Waals surface area contributed by atoms with Crippen molar-refractivity contribution in [2.24, 2.45) is 0 Å². The number of amides is 2. The normalized spacial score (nSPS) is 11.9. The Morgan fingerprint density at radius 2 is 1.62 bits per heavy atom. The third-order valence-corrected chi connectivity index (χ3v) is 6.09. The van der Waals surface area contributed by atoms with E-state index in [-0.39, 0.29) is 32.3 Å². The number of ether oxygens (including phenoxy) is 4. The standard InChI is InChI=1S/C32H39ClN2O7/c1-32(2,3)42-31(38)35(20-27(36)21-40-28-12-14-29(15-13-28)41-22-39-4)17-16-23-8-10-26(11-9-23)34-30(37)19-24-6-5-7-25(33)18-24/h5-15,18,27,36H,16-17,19-22H2,1-4H3,(H,34,37)/t27-/m0/s1. The monoisotopic (exact) mass is 598 g/mol.